The number of piperidine rings is 6. The van der Waals surface area contributed by atoms with Crippen LogP contribution in [-0.2, 0) is 12.8 Å². The summed E-state index contributed by atoms with van der Waals surface area (Å²) in [4.78, 5) is 5.52. The minimum atomic E-state index is 0.821. The van der Waals surface area contributed by atoms with E-state index in [4.69, 9.17) is 0 Å². The number of hydrogen-bond donors (Lipinski definition) is 0. The monoisotopic (exact) mass is 324 g/mol. The third-order valence-corrected chi connectivity index (χ3v) is 7.48. The van der Waals surface area contributed by atoms with Crippen LogP contribution >= 0.6 is 0 Å². The van der Waals surface area contributed by atoms with Gasteiger partial charge < -0.3 is 9.80 Å². The molecule has 0 aliphatic carbocycles. The molecule has 0 amide bonds. The fraction of sp³-hybridized carbons (Fsp3) is 0.727. The minimum Gasteiger partial charge on any atom is -0.300 e. The molecule has 2 atom stereocenters. The van der Waals surface area contributed by atoms with E-state index in [1.54, 1.807) is 11.1 Å². The number of nitrogens with zero attached hydrogens (tertiary/aromatic N) is 2. The van der Waals surface area contributed by atoms with Crippen LogP contribution in [0.1, 0.15) is 49.7 Å². The highest BCUT2D eigenvalue weighted by molar-refractivity contribution is 5.25. The third-order valence-electron chi connectivity index (χ3n) is 7.48. The van der Waals surface area contributed by atoms with E-state index in [9.17, 15) is 0 Å². The molecule has 24 heavy (non-hydrogen) atoms. The first-order valence-corrected chi connectivity index (χ1v) is 10.4. The summed E-state index contributed by atoms with van der Waals surface area (Å²) in [6.07, 6.45) is 11.3. The summed E-state index contributed by atoms with van der Waals surface area (Å²) in [5, 5.41) is 0. The average molecular weight is 325 g/mol. The number of hydrogen-bond acceptors (Lipinski definition) is 2. The maximum absolute atomic E-state index is 2.76. The molecular weight excluding hydrogens is 292 g/mol. The van der Waals surface area contributed by atoms with Crippen LogP contribution in [0.2, 0.25) is 0 Å². The average Bonchev–Trinajstić information content (AvgIpc) is 2.64. The zero-order chi connectivity index (χ0) is 15.9. The summed E-state index contributed by atoms with van der Waals surface area (Å²) in [7, 11) is 0. The van der Waals surface area contributed by atoms with Crippen molar-refractivity contribution in [3.63, 3.8) is 0 Å². The zero-order valence-electron chi connectivity index (χ0n) is 15.0. The topological polar surface area (TPSA) is 6.48 Å². The van der Waals surface area contributed by atoms with Gasteiger partial charge in [0.1, 0.15) is 0 Å². The Morgan fingerprint density at radius 1 is 0.708 bits per heavy atom. The zero-order valence-corrected chi connectivity index (χ0v) is 15.0. The molecule has 130 valence electrons. The van der Waals surface area contributed by atoms with E-state index in [0.29, 0.717) is 0 Å². The quantitative estimate of drug-likeness (QED) is 0.832. The Labute approximate surface area is 147 Å². The van der Waals surface area contributed by atoms with Crippen molar-refractivity contribution >= 4 is 0 Å². The predicted molar refractivity (Wildman–Crippen MR) is 99.3 cm³/mol. The van der Waals surface area contributed by atoms with E-state index in [0.717, 1.165) is 23.9 Å². The Morgan fingerprint density at radius 3 is 1.54 bits per heavy atom. The summed E-state index contributed by atoms with van der Waals surface area (Å²) in [5.41, 5.74) is 3.17. The van der Waals surface area contributed by atoms with Crippen molar-refractivity contribution in [1.29, 1.82) is 0 Å². The van der Waals surface area contributed by atoms with E-state index in [1.165, 1.54) is 77.5 Å². The van der Waals surface area contributed by atoms with Crippen molar-refractivity contribution in [2.45, 2.75) is 63.5 Å². The van der Waals surface area contributed by atoms with E-state index in [1.807, 2.05) is 0 Å². The number of rotatable bonds is 4. The van der Waals surface area contributed by atoms with E-state index in [2.05, 4.69) is 34.1 Å². The molecule has 0 spiro atoms. The normalized spacial score (nSPS) is 40.8. The first kappa shape index (κ1) is 15.4. The van der Waals surface area contributed by atoms with Crippen LogP contribution in [0, 0.1) is 11.8 Å². The summed E-state index contributed by atoms with van der Waals surface area (Å²) < 4.78 is 0. The molecule has 0 aromatic heterocycles. The molecule has 6 heterocycles. The van der Waals surface area contributed by atoms with Crippen LogP contribution in [0.5, 0.6) is 0 Å². The fourth-order valence-corrected chi connectivity index (χ4v) is 6.03. The Morgan fingerprint density at radius 2 is 1.17 bits per heavy atom. The minimum absolute atomic E-state index is 0.821. The second kappa shape index (κ2) is 6.46. The lowest BCUT2D eigenvalue weighted by atomic mass is 9.80. The molecule has 1 aromatic carbocycles. The van der Waals surface area contributed by atoms with Gasteiger partial charge in [-0.25, -0.2) is 0 Å². The summed E-state index contributed by atoms with van der Waals surface area (Å²) in [6, 6.07) is 11.2. The van der Waals surface area contributed by atoms with Gasteiger partial charge in [0.2, 0.25) is 0 Å². The molecule has 2 nitrogen and oxygen atoms in total. The van der Waals surface area contributed by atoms with Gasteiger partial charge in [-0.2, -0.15) is 0 Å². The molecule has 0 N–H and O–H groups in total. The highest BCUT2D eigenvalue weighted by atomic mass is 15.2. The maximum Gasteiger partial charge on any atom is 0.0138 e. The molecule has 2 heteroatoms. The van der Waals surface area contributed by atoms with Crippen molar-refractivity contribution in [1.82, 2.24) is 9.80 Å². The molecule has 0 radical (unpaired) electrons. The largest absolute Gasteiger partial charge is 0.300 e. The van der Waals surface area contributed by atoms with E-state index < -0.39 is 0 Å². The Balaban J connectivity index is 1.25. The SMILES string of the molecule is c1cc(CC2CC3CCN2CC3)cc(CC2CC3CCN2CC3)c1. The molecule has 6 aliphatic heterocycles. The molecule has 2 unspecified atom stereocenters. The smallest absolute Gasteiger partial charge is 0.0138 e. The molecular formula is C22H32N2. The lowest BCUT2D eigenvalue weighted by molar-refractivity contribution is 0.0491. The fourth-order valence-electron chi connectivity index (χ4n) is 6.03. The van der Waals surface area contributed by atoms with Crippen LogP contribution < -0.4 is 0 Å². The first-order valence-electron chi connectivity index (χ1n) is 10.4. The van der Waals surface area contributed by atoms with Gasteiger partial charge in [-0.1, -0.05) is 24.3 Å². The highest BCUT2D eigenvalue weighted by Gasteiger charge is 2.34. The lowest BCUT2D eigenvalue weighted by Gasteiger charge is -2.46. The number of fused-ring (bicyclic) bond motifs is 6. The van der Waals surface area contributed by atoms with Gasteiger partial charge in [-0.15, -0.1) is 0 Å². The Hall–Kier alpha value is -0.860. The summed E-state index contributed by atoms with van der Waals surface area (Å²) in [6.45, 7) is 5.42. The van der Waals surface area contributed by atoms with Crippen molar-refractivity contribution < 1.29 is 0 Å². The van der Waals surface area contributed by atoms with Gasteiger partial charge >= 0.3 is 0 Å². The van der Waals surface area contributed by atoms with E-state index in [-0.39, 0.29) is 0 Å². The van der Waals surface area contributed by atoms with Crippen LogP contribution in [-0.4, -0.2) is 48.1 Å². The van der Waals surface area contributed by atoms with Crippen molar-refractivity contribution in [2.24, 2.45) is 11.8 Å². The van der Waals surface area contributed by atoms with E-state index >= 15 is 0 Å². The standard InChI is InChI=1S/C22H32N2/c1-2-19(15-21-13-17-4-8-23(21)9-5-17)12-20(3-1)16-22-14-18-6-10-24(22)11-7-18/h1-3,12,17-18,21-22H,4-11,13-16H2. The number of benzene rings is 1. The molecule has 6 saturated heterocycles. The van der Waals surface area contributed by atoms with Gasteiger partial charge in [-0.05, 0) is 101 Å². The van der Waals surface area contributed by atoms with Crippen molar-refractivity contribution in [3.8, 4) is 0 Å². The van der Waals surface area contributed by atoms with Gasteiger partial charge in [0.25, 0.3) is 0 Å². The van der Waals surface area contributed by atoms with Crippen molar-refractivity contribution in [2.75, 3.05) is 26.2 Å². The Kier molecular flexibility index (Phi) is 4.14. The van der Waals surface area contributed by atoms with Gasteiger partial charge in [-0.3, -0.25) is 0 Å². The summed E-state index contributed by atoms with van der Waals surface area (Å²) in [5.74, 6) is 2.04. The van der Waals surface area contributed by atoms with Crippen LogP contribution in [0.25, 0.3) is 0 Å². The third kappa shape index (κ3) is 3.04. The highest BCUT2D eigenvalue weighted by Crippen LogP contribution is 2.35. The molecule has 1 aromatic rings. The van der Waals surface area contributed by atoms with Crippen LogP contribution in [0.15, 0.2) is 24.3 Å². The molecule has 0 saturated carbocycles. The van der Waals surface area contributed by atoms with Gasteiger partial charge in [0.05, 0.1) is 0 Å². The lowest BCUT2D eigenvalue weighted by Crippen LogP contribution is -2.49. The molecule has 7 rings (SSSR count). The molecule has 6 aliphatic rings. The maximum atomic E-state index is 2.76. The predicted octanol–water partition coefficient (Wildman–Crippen LogP) is 3.74. The molecule has 6 fully saturated rings. The second-order valence-corrected chi connectivity index (χ2v) is 8.97. The van der Waals surface area contributed by atoms with Gasteiger partial charge in [0.15, 0.2) is 0 Å². The Bertz CT molecular complexity index is 520. The van der Waals surface area contributed by atoms with Crippen molar-refractivity contribution in [3.05, 3.63) is 35.4 Å². The van der Waals surface area contributed by atoms with Crippen LogP contribution in [0.4, 0.5) is 0 Å². The summed E-state index contributed by atoms with van der Waals surface area (Å²) >= 11 is 0. The first-order chi connectivity index (χ1) is 11.8. The van der Waals surface area contributed by atoms with Crippen LogP contribution in [0.3, 0.4) is 0 Å². The van der Waals surface area contributed by atoms with Gasteiger partial charge in [0, 0.05) is 12.1 Å². The second-order valence-electron chi connectivity index (χ2n) is 8.97. The molecule has 4 bridgehead atoms.